The lowest BCUT2D eigenvalue weighted by Gasteiger charge is -1.98. The maximum Gasteiger partial charge on any atom is 0.194 e. The molecule has 0 saturated carbocycles. The Balaban J connectivity index is 1.61. The van der Waals surface area contributed by atoms with Crippen molar-refractivity contribution in [3.05, 3.63) is 81.4 Å². The van der Waals surface area contributed by atoms with E-state index in [9.17, 15) is 0 Å². The molecule has 0 spiro atoms. The van der Waals surface area contributed by atoms with E-state index in [1.54, 1.807) is 11.3 Å². The molecule has 0 aliphatic heterocycles. The lowest BCUT2D eigenvalue weighted by molar-refractivity contribution is 1.16. The standard InChI is InChI=1S/C18H12Cl2N2S/c19-14-5-1-12(2-6-14)9-16-10-22-11-17(21-18(22)23-16)13-3-7-15(20)8-4-13/h1-8,10-11H,9H2. The smallest absolute Gasteiger partial charge is 0.194 e. The molecule has 23 heavy (non-hydrogen) atoms. The average Bonchev–Trinajstić information content (AvgIpc) is 3.09. The molecular weight excluding hydrogens is 347 g/mol. The highest BCUT2D eigenvalue weighted by Gasteiger charge is 2.09. The highest BCUT2D eigenvalue weighted by Crippen LogP contribution is 2.26. The minimum Gasteiger partial charge on any atom is -0.297 e. The Morgan fingerprint density at radius 2 is 1.52 bits per heavy atom. The molecule has 0 aliphatic carbocycles. The van der Waals surface area contributed by atoms with E-state index in [0.717, 1.165) is 32.7 Å². The van der Waals surface area contributed by atoms with Gasteiger partial charge in [0, 0.05) is 39.3 Å². The summed E-state index contributed by atoms with van der Waals surface area (Å²) in [6.45, 7) is 0. The summed E-state index contributed by atoms with van der Waals surface area (Å²) in [7, 11) is 0. The van der Waals surface area contributed by atoms with Crippen molar-refractivity contribution >= 4 is 39.5 Å². The van der Waals surface area contributed by atoms with Crippen molar-refractivity contribution in [1.82, 2.24) is 9.38 Å². The first-order valence-electron chi connectivity index (χ1n) is 7.15. The van der Waals surface area contributed by atoms with Crippen LogP contribution in [0, 0.1) is 0 Å². The molecule has 2 heterocycles. The third-order valence-corrected chi connectivity index (χ3v) is 5.14. The second-order valence-electron chi connectivity index (χ2n) is 5.32. The normalized spacial score (nSPS) is 11.2. The first kappa shape index (κ1) is 14.8. The summed E-state index contributed by atoms with van der Waals surface area (Å²) < 4.78 is 2.08. The fourth-order valence-corrected chi connectivity index (χ4v) is 3.73. The van der Waals surface area contributed by atoms with Crippen LogP contribution in [0.1, 0.15) is 10.4 Å². The van der Waals surface area contributed by atoms with Gasteiger partial charge in [-0.15, -0.1) is 11.3 Å². The molecule has 0 N–H and O–H groups in total. The zero-order chi connectivity index (χ0) is 15.8. The molecule has 5 heteroatoms. The molecule has 4 rings (SSSR count). The van der Waals surface area contributed by atoms with E-state index >= 15 is 0 Å². The zero-order valence-electron chi connectivity index (χ0n) is 12.0. The van der Waals surface area contributed by atoms with Crippen LogP contribution in [0.15, 0.2) is 60.9 Å². The SMILES string of the molecule is Clc1ccc(Cc2cn3cc(-c4ccc(Cl)cc4)nc3s2)cc1. The number of nitrogens with zero attached hydrogens (tertiary/aromatic N) is 2. The number of halogens is 2. The number of rotatable bonds is 3. The molecule has 0 radical (unpaired) electrons. The Labute approximate surface area is 147 Å². The molecule has 0 unspecified atom stereocenters. The molecule has 0 bridgehead atoms. The Morgan fingerprint density at radius 1 is 0.870 bits per heavy atom. The zero-order valence-corrected chi connectivity index (χ0v) is 14.4. The maximum atomic E-state index is 5.93. The van der Waals surface area contributed by atoms with E-state index in [-0.39, 0.29) is 0 Å². The summed E-state index contributed by atoms with van der Waals surface area (Å²) >= 11 is 13.6. The van der Waals surface area contributed by atoms with Gasteiger partial charge in [0.1, 0.15) is 0 Å². The lowest BCUT2D eigenvalue weighted by atomic mass is 10.1. The van der Waals surface area contributed by atoms with Crippen LogP contribution in [-0.4, -0.2) is 9.38 Å². The van der Waals surface area contributed by atoms with Crippen LogP contribution in [0.2, 0.25) is 10.0 Å². The summed E-state index contributed by atoms with van der Waals surface area (Å²) in [5.41, 5.74) is 3.28. The predicted octanol–water partition coefficient (Wildman–Crippen LogP) is 5.96. The van der Waals surface area contributed by atoms with Gasteiger partial charge in [-0.3, -0.25) is 4.40 Å². The molecule has 0 aliphatic rings. The van der Waals surface area contributed by atoms with Gasteiger partial charge in [-0.2, -0.15) is 0 Å². The van der Waals surface area contributed by atoms with E-state index in [2.05, 4.69) is 28.9 Å². The Morgan fingerprint density at radius 3 is 2.17 bits per heavy atom. The summed E-state index contributed by atoms with van der Waals surface area (Å²) in [6.07, 6.45) is 5.09. The van der Waals surface area contributed by atoms with Crippen molar-refractivity contribution in [2.45, 2.75) is 6.42 Å². The minimum atomic E-state index is 0.736. The molecule has 2 aromatic heterocycles. The predicted molar refractivity (Wildman–Crippen MR) is 97.8 cm³/mol. The van der Waals surface area contributed by atoms with E-state index < -0.39 is 0 Å². The van der Waals surface area contributed by atoms with E-state index in [1.807, 2.05) is 36.4 Å². The topological polar surface area (TPSA) is 17.3 Å². The van der Waals surface area contributed by atoms with E-state index in [0.29, 0.717) is 0 Å². The second kappa shape index (κ2) is 6.00. The van der Waals surface area contributed by atoms with Gasteiger partial charge in [0.05, 0.1) is 5.69 Å². The molecular formula is C18H12Cl2N2S. The van der Waals surface area contributed by atoms with Crippen LogP contribution in [-0.2, 0) is 6.42 Å². The van der Waals surface area contributed by atoms with Gasteiger partial charge in [0.2, 0.25) is 0 Å². The number of hydrogen-bond acceptors (Lipinski definition) is 2. The van der Waals surface area contributed by atoms with Crippen LogP contribution >= 0.6 is 34.5 Å². The van der Waals surface area contributed by atoms with Gasteiger partial charge in [-0.25, -0.2) is 4.98 Å². The third kappa shape index (κ3) is 3.13. The summed E-state index contributed by atoms with van der Waals surface area (Å²) in [5, 5.41) is 1.50. The quantitative estimate of drug-likeness (QED) is 0.441. The number of imidazole rings is 1. The number of thiazole rings is 1. The Kier molecular flexibility index (Phi) is 3.85. The van der Waals surface area contributed by atoms with Crippen LogP contribution in [0.3, 0.4) is 0 Å². The molecule has 114 valence electrons. The lowest BCUT2D eigenvalue weighted by Crippen LogP contribution is -1.84. The second-order valence-corrected chi connectivity index (χ2v) is 7.29. The fourth-order valence-electron chi connectivity index (χ4n) is 2.49. The van der Waals surface area contributed by atoms with Gasteiger partial charge < -0.3 is 0 Å². The average molecular weight is 359 g/mol. The monoisotopic (exact) mass is 358 g/mol. The highest BCUT2D eigenvalue weighted by atomic mass is 35.5. The van der Waals surface area contributed by atoms with Gasteiger partial charge >= 0.3 is 0 Å². The minimum absolute atomic E-state index is 0.736. The fraction of sp³-hybridized carbons (Fsp3) is 0.0556. The first-order chi connectivity index (χ1) is 11.2. The van der Waals surface area contributed by atoms with Crippen LogP contribution in [0.25, 0.3) is 16.2 Å². The molecule has 0 amide bonds. The van der Waals surface area contributed by atoms with Gasteiger partial charge in [0.25, 0.3) is 0 Å². The molecule has 4 aromatic rings. The van der Waals surface area contributed by atoms with Crippen molar-refractivity contribution in [3.63, 3.8) is 0 Å². The van der Waals surface area contributed by atoms with Crippen molar-refractivity contribution in [1.29, 1.82) is 0 Å². The van der Waals surface area contributed by atoms with E-state index in [1.165, 1.54) is 10.4 Å². The molecule has 0 fully saturated rings. The van der Waals surface area contributed by atoms with Crippen LogP contribution < -0.4 is 0 Å². The molecule has 2 aromatic carbocycles. The van der Waals surface area contributed by atoms with Crippen molar-refractivity contribution in [2.24, 2.45) is 0 Å². The largest absolute Gasteiger partial charge is 0.297 e. The Bertz CT molecular complexity index is 922. The maximum absolute atomic E-state index is 5.93. The number of benzene rings is 2. The number of aromatic nitrogens is 2. The van der Waals surface area contributed by atoms with Crippen LogP contribution in [0.5, 0.6) is 0 Å². The first-order valence-corrected chi connectivity index (χ1v) is 8.72. The van der Waals surface area contributed by atoms with Crippen molar-refractivity contribution < 1.29 is 0 Å². The van der Waals surface area contributed by atoms with E-state index in [4.69, 9.17) is 28.2 Å². The summed E-state index contributed by atoms with van der Waals surface area (Å²) in [6, 6.07) is 15.7. The molecule has 0 saturated heterocycles. The van der Waals surface area contributed by atoms with Crippen LogP contribution in [0.4, 0.5) is 0 Å². The van der Waals surface area contributed by atoms with Gasteiger partial charge in [-0.05, 0) is 29.8 Å². The third-order valence-electron chi connectivity index (χ3n) is 3.64. The Hall–Kier alpha value is -1.81. The number of fused-ring (bicyclic) bond motifs is 1. The van der Waals surface area contributed by atoms with Crippen molar-refractivity contribution in [3.8, 4) is 11.3 Å². The van der Waals surface area contributed by atoms with Crippen molar-refractivity contribution in [2.75, 3.05) is 0 Å². The van der Waals surface area contributed by atoms with Gasteiger partial charge in [0.15, 0.2) is 4.96 Å². The summed E-state index contributed by atoms with van der Waals surface area (Å²) in [5.74, 6) is 0. The number of hydrogen-bond donors (Lipinski definition) is 0. The molecule has 2 nitrogen and oxygen atoms in total. The molecule has 0 atom stereocenters. The summed E-state index contributed by atoms with van der Waals surface area (Å²) in [4.78, 5) is 6.98. The highest BCUT2D eigenvalue weighted by molar-refractivity contribution is 7.17. The van der Waals surface area contributed by atoms with Gasteiger partial charge in [-0.1, -0.05) is 47.5 Å².